The van der Waals surface area contributed by atoms with Crippen molar-refractivity contribution in [2.45, 2.75) is 46.1 Å². The molecule has 1 N–H and O–H groups in total. The molecule has 1 atom stereocenters. The summed E-state index contributed by atoms with van der Waals surface area (Å²) in [6.07, 6.45) is 6.53. The number of imidazole rings is 1. The SMILES string of the molecule is CCCCCOc1cccc(C2/C(=C(\O)c3nc4c(C)cccn4c3C)C(=O)C(=O)N2c2nccs2)c1. The van der Waals surface area contributed by atoms with Gasteiger partial charge in [-0.15, -0.1) is 11.3 Å². The lowest BCUT2D eigenvalue weighted by Gasteiger charge is -2.23. The minimum Gasteiger partial charge on any atom is -0.505 e. The largest absolute Gasteiger partial charge is 0.505 e. The fourth-order valence-corrected chi connectivity index (χ4v) is 5.34. The van der Waals surface area contributed by atoms with E-state index < -0.39 is 17.7 Å². The second-order valence-electron chi connectivity index (χ2n) is 9.04. The van der Waals surface area contributed by atoms with Crippen molar-refractivity contribution >= 4 is 39.6 Å². The van der Waals surface area contributed by atoms with Gasteiger partial charge in [0.2, 0.25) is 0 Å². The van der Waals surface area contributed by atoms with Crippen LogP contribution >= 0.6 is 11.3 Å². The Morgan fingerprint density at radius 1 is 1.16 bits per heavy atom. The van der Waals surface area contributed by atoms with Crippen molar-refractivity contribution in [3.05, 3.63) is 82.3 Å². The smallest absolute Gasteiger partial charge is 0.301 e. The fourth-order valence-electron chi connectivity index (χ4n) is 4.67. The van der Waals surface area contributed by atoms with E-state index in [-0.39, 0.29) is 17.0 Å². The van der Waals surface area contributed by atoms with Crippen molar-refractivity contribution in [1.29, 1.82) is 0 Å². The minimum absolute atomic E-state index is 0.0208. The van der Waals surface area contributed by atoms with E-state index in [1.807, 2.05) is 60.8 Å². The molecule has 0 spiro atoms. The van der Waals surface area contributed by atoms with E-state index in [0.29, 0.717) is 34.4 Å². The summed E-state index contributed by atoms with van der Waals surface area (Å²) in [7, 11) is 0. The van der Waals surface area contributed by atoms with Crippen molar-refractivity contribution in [3.63, 3.8) is 0 Å². The standard InChI is InChI=1S/C28H28N4O4S/c1-4-5-6-14-36-20-11-7-10-19(16-20)23-21(25(34)27(35)32(23)28-29-12-15-37-28)24(33)22-18(3)31-13-8-9-17(2)26(31)30-22/h7-13,15-16,23,33H,4-6,14H2,1-3H3/b24-21+. The van der Waals surface area contributed by atoms with Crippen LogP contribution in [0.15, 0.2) is 59.7 Å². The molecular weight excluding hydrogens is 488 g/mol. The zero-order chi connectivity index (χ0) is 26.1. The molecule has 1 aliphatic rings. The van der Waals surface area contributed by atoms with Crippen molar-refractivity contribution < 1.29 is 19.4 Å². The number of hydrogen-bond donors (Lipinski definition) is 1. The number of anilines is 1. The summed E-state index contributed by atoms with van der Waals surface area (Å²) in [6, 6.07) is 10.3. The molecule has 37 heavy (non-hydrogen) atoms. The molecule has 4 aromatic rings. The van der Waals surface area contributed by atoms with Gasteiger partial charge in [0.15, 0.2) is 10.9 Å². The predicted octanol–water partition coefficient (Wildman–Crippen LogP) is 5.60. The number of hydrogen-bond acceptors (Lipinski definition) is 7. The highest BCUT2D eigenvalue weighted by Crippen LogP contribution is 2.43. The van der Waals surface area contributed by atoms with Gasteiger partial charge in [0.25, 0.3) is 5.78 Å². The number of rotatable bonds is 8. The van der Waals surface area contributed by atoms with Crippen molar-refractivity contribution in [2.75, 3.05) is 11.5 Å². The van der Waals surface area contributed by atoms with Gasteiger partial charge >= 0.3 is 5.91 Å². The first-order valence-electron chi connectivity index (χ1n) is 12.3. The Labute approximate surface area is 218 Å². The van der Waals surface area contributed by atoms with Gasteiger partial charge < -0.3 is 14.2 Å². The van der Waals surface area contributed by atoms with E-state index in [0.717, 1.165) is 24.8 Å². The summed E-state index contributed by atoms with van der Waals surface area (Å²) in [5.74, 6) is -1.19. The van der Waals surface area contributed by atoms with Crippen LogP contribution in [0.2, 0.25) is 0 Å². The monoisotopic (exact) mass is 516 g/mol. The van der Waals surface area contributed by atoms with E-state index in [9.17, 15) is 14.7 Å². The number of unbranched alkanes of at least 4 members (excludes halogenated alkanes) is 2. The average Bonchev–Trinajstić information content (AvgIpc) is 3.60. The molecule has 9 heteroatoms. The molecular formula is C28H28N4O4S. The number of benzene rings is 1. The highest BCUT2D eigenvalue weighted by atomic mass is 32.1. The Morgan fingerprint density at radius 2 is 2.00 bits per heavy atom. The zero-order valence-corrected chi connectivity index (χ0v) is 21.8. The first kappa shape index (κ1) is 24.7. The molecule has 1 aliphatic heterocycles. The Bertz CT molecular complexity index is 1510. The maximum Gasteiger partial charge on any atom is 0.301 e. The molecule has 4 heterocycles. The lowest BCUT2D eigenvalue weighted by atomic mass is 9.96. The Kier molecular flexibility index (Phi) is 6.80. The van der Waals surface area contributed by atoms with Crippen LogP contribution < -0.4 is 9.64 Å². The number of ether oxygens (including phenoxy) is 1. The average molecular weight is 517 g/mol. The van der Waals surface area contributed by atoms with E-state index in [4.69, 9.17) is 4.74 Å². The number of nitrogens with zero attached hydrogens (tertiary/aromatic N) is 4. The van der Waals surface area contributed by atoms with E-state index in [1.54, 1.807) is 11.6 Å². The van der Waals surface area contributed by atoms with Gasteiger partial charge in [0.1, 0.15) is 17.1 Å². The Balaban J connectivity index is 1.65. The molecule has 1 aromatic carbocycles. The van der Waals surface area contributed by atoms with Crippen LogP contribution in [0.25, 0.3) is 11.4 Å². The molecule has 1 fully saturated rings. The molecule has 1 unspecified atom stereocenters. The zero-order valence-electron chi connectivity index (χ0n) is 21.0. The number of aliphatic hydroxyl groups is 1. The third-order valence-corrected chi connectivity index (χ3v) is 7.34. The highest BCUT2D eigenvalue weighted by Gasteiger charge is 2.48. The van der Waals surface area contributed by atoms with Gasteiger partial charge in [-0.2, -0.15) is 0 Å². The maximum atomic E-state index is 13.4. The normalized spacial score (nSPS) is 17.2. The lowest BCUT2D eigenvalue weighted by Crippen LogP contribution is -2.29. The summed E-state index contributed by atoms with van der Waals surface area (Å²) in [5.41, 5.74) is 3.16. The van der Waals surface area contributed by atoms with Gasteiger partial charge in [-0.1, -0.05) is 38.0 Å². The number of pyridine rings is 1. The first-order valence-corrected chi connectivity index (χ1v) is 13.2. The van der Waals surface area contributed by atoms with Crippen LogP contribution in [-0.4, -0.2) is 37.8 Å². The number of thiazole rings is 1. The number of carbonyl (C=O) groups excluding carboxylic acids is 2. The molecule has 0 radical (unpaired) electrons. The third kappa shape index (κ3) is 4.40. The molecule has 0 bridgehead atoms. The maximum absolute atomic E-state index is 13.4. The summed E-state index contributed by atoms with van der Waals surface area (Å²) in [5, 5.41) is 13.7. The summed E-state index contributed by atoms with van der Waals surface area (Å²) in [4.78, 5) is 37.0. The van der Waals surface area contributed by atoms with Crippen LogP contribution in [0.1, 0.15) is 54.7 Å². The summed E-state index contributed by atoms with van der Waals surface area (Å²) < 4.78 is 7.81. The van der Waals surface area contributed by atoms with Crippen molar-refractivity contribution in [1.82, 2.24) is 14.4 Å². The number of aliphatic hydroxyl groups excluding tert-OH is 1. The molecule has 0 aliphatic carbocycles. The number of carbonyl (C=O) groups is 2. The van der Waals surface area contributed by atoms with Crippen molar-refractivity contribution in [3.8, 4) is 5.75 Å². The van der Waals surface area contributed by atoms with Crippen LogP contribution in [0, 0.1) is 13.8 Å². The van der Waals surface area contributed by atoms with Gasteiger partial charge in [-0.3, -0.25) is 14.5 Å². The summed E-state index contributed by atoms with van der Waals surface area (Å²) in [6.45, 7) is 6.46. The number of ketones is 1. The van der Waals surface area contributed by atoms with Crippen LogP contribution in [0.3, 0.4) is 0 Å². The van der Waals surface area contributed by atoms with Crippen molar-refractivity contribution in [2.24, 2.45) is 0 Å². The lowest BCUT2D eigenvalue weighted by molar-refractivity contribution is -0.132. The Hall–Kier alpha value is -3.98. The van der Waals surface area contributed by atoms with E-state index in [2.05, 4.69) is 16.9 Å². The fraction of sp³-hybridized carbons (Fsp3) is 0.286. The number of Topliss-reactive ketones (excluding diaryl/α,β-unsaturated/α-hetero) is 1. The second-order valence-corrected chi connectivity index (χ2v) is 9.92. The quantitative estimate of drug-likeness (QED) is 0.142. The molecule has 190 valence electrons. The molecule has 3 aromatic heterocycles. The molecule has 0 saturated carbocycles. The number of aromatic nitrogens is 3. The van der Waals surface area contributed by atoms with Gasteiger partial charge in [0.05, 0.1) is 23.9 Å². The third-order valence-electron chi connectivity index (χ3n) is 6.57. The predicted molar refractivity (Wildman–Crippen MR) is 143 cm³/mol. The van der Waals surface area contributed by atoms with E-state index in [1.165, 1.54) is 16.2 Å². The Morgan fingerprint density at radius 3 is 2.73 bits per heavy atom. The minimum atomic E-state index is -0.879. The molecule has 5 rings (SSSR count). The topological polar surface area (TPSA) is 97.0 Å². The first-order chi connectivity index (χ1) is 17.9. The van der Waals surface area contributed by atoms with Crippen LogP contribution in [-0.2, 0) is 9.59 Å². The highest BCUT2D eigenvalue weighted by molar-refractivity contribution is 7.14. The second kappa shape index (κ2) is 10.2. The van der Waals surface area contributed by atoms with Crippen LogP contribution in [0.5, 0.6) is 5.75 Å². The summed E-state index contributed by atoms with van der Waals surface area (Å²) >= 11 is 1.25. The van der Waals surface area contributed by atoms with Gasteiger partial charge in [-0.05, 0) is 49.6 Å². The van der Waals surface area contributed by atoms with Gasteiger partial charge in [-0.25, -0.2) is 9.97 Å². The molecule has 1 amide bonds. The number of amides is 1. The van der Waals surface area contributed by atoms with Gasteiger partial charge in [0, 0.05) is 17.8 Å². The molecule has 1 saturated heterocycles. The molecule has 8 nitrogen and oxygen atoms in total. The number of aryl methyl sites for hydroxylation is 2. The van der Waals surface area contributed by atoms with E-state index >= 15 is 0 Å². The number of fused-ring (bicyclic) bond motifs is 1. The van der Waals surface area contributed by atoms with Crippen LogP contribution in [0.4, 0.5) is 5.13 Å².